The summed E-state index contributed by atoms with van der Waals surface area (Å²) >= 11 is 0. The molecule has 126 valence electrons. The van der Waals surface area contributed by atoms with Crippen molar-refractivity contribution in [1.29, 1.82) is 0 Å². The Bertz CT molecular complexity index is 909. The quantitative estimate of drug-likeness (QED) is 0.712. The van der Waals surface area contributed by atoms with E-state index in [1.54, 1.807) is 12.3 Å². The normalized spacial score (nSPS) is 12.6. The molecule has 1 aromatic carbocycles. The monoisotopic (exact) mass is 357 g/mol. The number of nitrogens with zero attached hydrogens (tertiary/aromatic N) is 1. The van der Waals surface area contributed by atoms with E-state index in [-0.39, 0.29) is 18.0 Å². The summed E-state index contributed by atoms with van der Waals surface area (Å²) in [5.41, 5.74) is 1.37. The summed E-state index contributed by atoms with van der Waals surface area (Å²) in [7, 11) is -6.97. The Balaban J connectivity index is 2.11. The lowest BCUT2D eigenvalue weighted by molar-refractivity contribution is 0.575. The first kappa shape index (κ1) is 17.8. The molecule has 2 rings (SSSR count). The second-order valence-electron chi connectivity index (χ2n) is 5.26. The SMILES string of the molecule is Cc1cnc2c(S(=O)(=O)NCCCNS(C)(=O)=O)cccc2c1. The zero-order chi connectivity index (χ0) is 17.1. The number of benzene rings is 1. The number of sulfonamides is 2. The smallest absolute Gasteiger partial charge is 0.242 e. The highest BCUT2D eigenvalue weighted by Gasteiger charge is 2.17. The van der Waals surface area contributed by atoms with Gasteiger partial charge in [0.15, 0.2) is 0 Å². The van der Waals surface area contributed by atoms with Crippen molar-refractivity contribution in [3.63, 3.8) is 0 Å². The molecule has 0 aliphatic heterocycles. The third-order valence-electron chi connectivity index (χ3n) is 3.11. The Morgan fingerprint density at radius 1 is 1.09 bits per heavy atom. The summed E-state index contributed by atoms with van der Waals surface area (Å²) in [6, 6.07) is 6.85. The largest absolute Gasteiger partial charge is 0.255 e. The van der Waals surface area contributed by atoms with E-state index >= 15 is 0 Å². The van der Waals surface area contributed by atoms with Crippen LogP contribution in [0.25, 0.3) is 10.9 Å². The number of pyridine rings is 1. The Hall–Kier alpha value is -1.55. The molecule has 0 atom stereocenters. The van der Waals surface area contributed by atoms with Crippen molar-refractivity contribution in [3.05, 3.63) is 36.0 Å². The predicted octanol–water partition coefficient (Wildman–Crippen LogP) is 0.761. The summed E-state index contributed by atoms with van der Waals surface area (Å²) in [5.74, 6) is 0. The molecule has 2 N–H and O–H groups in total. The number of hydrogen-bond donors (Lipinski definition) is 2. The first-order valence-electron chi connectivity index (χ1n) is 6.99. The van der Waals surface area contributed by atoms with Gasteiger partial charge < -0.3 is 0 Å². The van der Waals surface area contributed by atoms with Crippen LogP contribution >= 0.6 is 0 Å². The van der Waals surface area contributed by atoms with Crippen LogP contribution in [-0.2, 0) is 20.0 Å². The van der Waals surface area contributed by atoms with Gasteiger partial charge in [-0.1, -0.05) is 12.1 Å². The van der Waals surface area contributed by atoms with Crippen LogP contribution in [0, 0.1) is 6.92 Å². The first-order valence-corrected chi connectivity index (χ1v) is 10.4. The minimum Gasteiger partial charge on any atom is -0.255 e. The summed E-state index contributed by atoms with van der Waals surface area (Å²) in [5, 5.41) is 0.756. The summed E-state index contributed by atoms with van der Waals surface area (Å²) in [4.78, 5) is 4.33. The fourth-order valence-corrected chi connectivity index (χ4v) is 3.86. The molecule has 0 fully saturated rings. The molecule has 0 unspecified atom stereocenters. The molecule has 0 spiro atoms. The maximum absolute atomic E-state index is 12.4. The molecule has 2 aromatic rings. The first-order chi connectivity index (χ1) is 10.7. The summed E-state index contributed by atoms with van der Waals surface area (Å²) < 4.78 is 51.4. The van der Waals surface area contributed by atoms with E-state index in [1.807, 2.05) is 19.1 Å². The molecule has 1 heterocycles. The van der Waals surface area contributed by atoms with Gasteiger partial charge in [0, 0.05) is 24.7 Å². The van der Waals surface area contributed by atoms with Crippen molar-refractivity contribution in [1.82, 2.24) is 14.4 Å². The molecule has 7 nitrogen and oxygen atoms in total. The third-order valence-corrected chi connectivity index (χ3v) is 5.33. The lowest BCUT2D eigenvalue weighted by Crippen LogP contribution is -2.29. The predicted molar refractivity (Wildman–Crippen MR) is 89.1 cm³/mol. The van der Waals surface area contributed by atoms with E-state index in [0.29, 0.717) is 11.9 Å². The number of hydrogen-bond acceptors (Lipinski definition) is 5. The van der Waals surface area contributed by atoms with Gasteiger partial charge in [0.05, 0.1) is 11.8 Å². The van der Waals surface area contributed by atoms with E-state index in [9.17, 15) is 16.8 Å². The molecule has 1 aromatic heterocycles. The minimum atomic E-state index is -3.71. The molecule has 0 amide bonds. The van der Waals surface area contributed by atoms with Gasteiger partial charge in [-0.15, -0.1) is 0 Å². The van der Waals surface area contributed by atoms with Gasteiger partial charge in [-0.3, -0.25) is 4.98 Å². The van der Waals surface area contributed by atoms with Crippen LogP contribution in [0.2, 0.25) is 0 Å². The van der Waals surface area contributed by atoms with Crippen LogP contribution < -0.4 is 9.44 Å². The highest BCUT2D eigenvalue weighted by Crippen LogP contribution is 2.21. The summed E-state index contributed by atoms with van der Waals surface area (Å²) in [6.07, 6.45) is 3.03. The lowest BCUT2D eigenvalue weighted by Gasteiger charge is -2.09. The van der Waals surface area contributed by atoms with E-state index in [2.05, 4.69) is 14.4 Å². The number of nitrogens with one attached hydrogen (secondary N) is 2. The van der Waals surface area contributed by atoms with Crippen molar-refractivity contribution < 1.29 is 16.8 Å². The average molecular weight is 357 g/mol. The fraction of sp³-hybridized carbons (Fsp3) is 0.357. The third kappa shape index (κ3) is 4.96. The van der Waals surface area contributed by atoms with Gasteiger partial charge in [0.1, 0.15) is 4.90 Å². The molecule has 0 saturated carbocycles. The standard InChI is InChI=1S/C14H19N3O4S2/c1-11-9-12-5-3-6-13(14(12)15-10-11)23(20,21)17-8-4-7-16-22(2,18)19/h3,5-6,9-10,16-17H,4,7-8H2,1-2H3. The number of aryl methyl sites for hydroxylation is 1. The van der Waals surface area contributed by atoms with Crippen LogP contribution in [0.5, 0.6) is 0 Å². The lowest BCUT2D eigenvalue weighted by atomic mass is 10.2. The zero-order valence-electron chi connectivity index (χ0n) is 12.9. The molecule has 9 heteroatoms. The maximum Gasteiger partial charge on any atom is 0.242 e. The van der Waals surface area contributed by atoms with E-state index < -0.39 is 20.0 Å². The minimum absolute atomic E-state index is 0.117. The van der Waals surface area contributed by atoms with E-state index in [0.717, 1.165) is 17.2 Å². The Morgan fingerprint density at radius 2 is 1.78 bits per heavy atom. The average Bonchev–Trinajstić information content (AvgIpc) is 2.44. The Morgan fingerprint density at radius 3 is 2.48 bits per heavy atom. The number of fused-ring (bicyclic) bond motifs is 1. The van der Waals surface area contributed by atoms with Crippen LogP contribution in [0.15, 0.2) is 35.4 Å². The highest BCUT2D eigenvalue weighted by molar-refractivity contribution is 7.89. The zero-order valence-corrected chi connectivity index (χ0v) is 14.5. The number of rotatable bonds is 7. The summed E-state index contributed by atoms with van der Waals surface area (Å²) in [6.45, 7) is 2.20. The van der Waals surface area contributed by atoms with Gasteiger partial charge in [0.2, 0.25) is 20.0 Å². The van der Waals surface area contributed by atoms with Crippen molar-refractivity contribution in [2.75, 3.05) is 19.3 Å². The molecular formula is C14H19N3O4S2. The van der Waals surface area contributed by atoms with Gasteiger partial charge in [0.25, 0.3) is 0 Å². The van der Waals surface area contributed by atoms with Crippen LogP contribution in [-0.4, -0.2) is 41.2 Å². The van der Waals surface area contributed by atoms with Gasteiger partial charge in [-0.2, -0.15) is 0 Å². The Kier molecular flexibility index (Phi) is 5.35. The number of aromatic nitrogens is 1. The van der Waals surface area contributed by atoms with E-state index in [4.69, 9.17) is 0 Å². The van der Waals surface area contributed by atoms with Crippen LogP contribution in [0.3, 0.4) is 0 Å². The molecule has 23 heavy (non-hydrogen) atoms. The second-order valence-corrected chi connectivity index (χ2v) is 8.83. The molecule has 0 bridgehead atoms. The Labute approximate surface area is 136 Å². The van der Waals surface area contributed by atoms with Crippen LogP contribution in [0.4, 0.5) is 0 Å². The second kappa shape index (κ2) is 6.91. The fourth-order valence-electron chi connectivity index (χ4n) is 2.09. The molecule has 0 aliphatic carbocycles. The topological polar surface area (TPSA) is 105 Å². The number of para-hydroxylation sites is 1. The molecular weight excluding hydrogens is 338 g/mol. The van der Waals surface area contributed by atoms with Gasteiger partial charge in [-0.25, -0.2) is 26.3 Å². The highest BCUT2D eigenvalue weighted by atomic mass is 32.2. The van der Waals surface area contributed by atoms with Crippen LogP contribution in [0.1, 0.15) is 12.0 Å². The molecule has 0 aliphatic rings. The van der Waals surface area contributed by atoms with Gasteiger partial charge in [-0.05, 0) is 31.0 Å². The van der Waals surface area contributed by atoms with Crippen molar-refractivity contribution in [3.8, 4) is 0 Å². The maximum atomic E-state index is 12.4. The van der Waals surface area contributed by atoms with Gasteiger partial charge >= 0.3 is 0 Å². The van der Waals surface area contributed by atoms with Crippen molar-refractivity contribution >= 4 is 30.9 Å². The molecule has 0 saturated heterocycles. The van der Waals surface area contributed by atoms with Crippen molar-refractivity contribution in [2.24, 2.45) is 0 Å². The van der Waals surface area contributed by atoms with E-state index in [1.165, 1.54) is 6.07 Å². The van der Waals surface area contributed by atoms with Crippen molar-refractivity contribution in [2.45, 2.75) is 18.2 Å². The molecule has 0 radical (unpaired) electrons.